The van der Waals surface area contributed by atoms with Crippen LogP contribution < -0.4 is 4.72 Å². The van der Waals surface area contributed by atoms with Gasteiger partial charge in [-0.2, -0.15) is 0 Å². The molecule has 0 bridgehead atoms. The average molecular weight is 329 g/mol. The second kappa shape index (κ2) is 5.96. The topological polar surface area (TPSA) is 101 Å². The minimum absolute atomic E-state index is 0.0495. The average Bonchev–Trinajstić information content (AvgIpc) is 3.02. The largest absolute Gasteiger partial charge is 0.477 e. The quantitative estimate of drug-likeness (QED) is 0.835. The van der Waals surface area contributed by atoms with Gasteiger partial charge in [0.2, 0.25) is 10.0 Å². The molecule has 0 fully saturated rings. The zero-order chi connectivity index (χ0) is 15.6. The molecule has 0 unspecified atom stereocenters. The van der Waals surface area contributed by atoms with Gasteiger partial charge in [0, 0.05) is 30.4 Å². The van der Waals surface area contributed by atoms with Crippen molar-refractivity contribution in [2.24, 2.45) is 0 Å². The smallest absolute Gasteiger partial charge is 0.352 e. The van der Waals surface area contributed by atoms with E-state index in [2.05, 4.69) is 9.71 Å². The van der Waals surface area contributed by atoms with Crippen molar-refractivity contribution in [3.63, 3.8) is 0 Å². The molecular formula is C12H15N3O4S2. The summed E-state index contributed by atoms with van der Waals surface area (Å²) in [5, 5.41) is 9.90. The molecule has 2 aromatic heterocycles. The zero-order valence-electron chi connectivity index (χ0n) is 11.5. The van der Waals surface area contributed by atoms with Gasteiger partial charge in [-0.15, -0.1) is 11.3 Å². The fourth-order valence-electron chi connectivity index (χ4n) is 1.81. The van der Waals surface area contributed by atoms with Crippen molar-refractivity contribution in [1.82, 2.24) is 14.3 Å². The Morgan fingerprint density at radius 1 is 1.52 bits per heavy atom. The van der Waals surface area contributed by atoms with Crippen LogP contribution in [0, 0.1) is 6.92 Å². The summed E-state index contributed by atoms with van der Waals surface area (Å²) in [6, 6.07) is 1.16. The number of carbonyl (C=O) groups is 1. The summed E-state index contributed by atoms with van der Waals surface area (Å²) in [7, 11) is -3.75. The maximum absolute atomic E-state index is 12.2. The molecule has 0 aliphatic carbocycles. The van der Waals surface area contributed by atoms with Crippen LogP contribution in [0.5, 0.6) is 0 Å². The molecule has 0 saturated carbocycles. The van der Waals surface area contributed by atoms with Gasteiger partial charge in [0.05, 0.1) is 5.01 Å². The number of aromatic carboxylic acids is 1. The van der Waals surface area contributed by atoms with Gasteiger partial charge in [0.25, 0.3) is 0 Å². The van der Waals surface area contributed by atoms with Gasteiger partial charge in [-0.05, 0) is 19.9 Å². The summed E-state index contributed by atoms with van der Waals surface area (Å²) in [4.78, 5) is 15.8. The second-order valence-electron chi connectivity index (χ2n) is 4.32. The maximum atomic E-state index is 12.2. The molecule has 2 aromatic rings. The number of carboxylic acid groups (broad SMARTS) is 1. The lowest BCUT2D eigenvalue weighted by atomic mass is 10.4. The molecule has 0 aromatic carbocycles. The Kier molecular flexibility index (Phi) is 4.45. The van der Waals surface area contributed by atoms with Crippen molar-refractivity contribution < 1.29 is 18.3 Å². The summed E-state index contributed by atoms with van der Waals surface area (Å²) in [5.41, 5.74) is -0.0495. The Morgan fingerprint density at radius 2 is 2.24 bits per heavy atom. The van der Waals surface area contributed by atoms with Crippen LogP contribution in [0.25, 0.3) is 0 Å². The Hall–Kier alpha value is -1.71. The van der Waals surface area contributed by atoms with Gasteiger partial charge >= 0.3 is 5.97 Å². The first-order valence-corrected chi connectivity index (χ1v) is 8.48. The minimum atomic E-state index is -3.75. The van der Waals surface area contributed by atoms with Crippen LogP contribution in [0.2, 0.25) is 0 Å². The number of sulfonamides is 1. The van der Waals surface area contributed by atoms with Gasteiger partial charge in [-0.1, -0.05) is 0 Å². The van der Waals surface area contributed by atoms with Crippen molar-refractivity contribution in [3.05, 3.63) is 34.0 Å². The molecule has 114 valence electrons. The van der Waals surface area contributed by atoms with Crippen molar-refractivity contribution in [2.45, 2.75) is 31.8 Å². The predicted molar refractivity (Wildman–Crippen MR) is 77.9 cm³/mol. The van der Waals surface area contributed by atoms with Crippen LogP contribution >= 0.6 is 11.3 Å². The molecule has 0 atom stereocenters. The Morgan fingerprint density at radius 3 is 2.71 bits per heavy atom. The van der Waals surface area contributed by atoms with Crippen molar-refractivity contribution >= 4 is 27.3 Å². The molecule has 0 radical (unpaired) electrons. The van der Waals surface area contributed by atoms with Crippen LogP contribution in [0.15, 0.2) is 23.4 Å². The summed E-state index contributed by atoms with van der Waals surface area (Å²) >= 11 is 1.40. The Balaban J connectivity index is 2.21. The molecule has 0 aliphatic rings. The molecule has 2 rings (SSSR count). The lowest BCUT2D eigenvalue weighted by Gasteiger charge is -2.02. The highest BCUT2D eigenvalue weighted by Gasteiger charge is 2.20. The van der Waals surface area contributed by atoms with E-state index < -0.39 is 16.0 Å². The van der Waals surface area contributed by atoms with E-state index in [1.54, 1.807) is 13.1 Å². The van der Waals surface area contributed by atoms with Gasteiger partial charge < -0.3 is 9.67 Å². The standard InChI is InChI=1S/C12H15N3O4S2/c1-3-15-7-10(4-11(15)12(16)17)21(18,19)14-6-9-5-13-8(2)20-9/h4-5,7,14H,3,6H2,1-2H3,(H,16,17). The summed E-state index contributed by atoms with van der Waals surface area (Å²) in [6.45, 7) is 4.10. The molecular weight excluding hydrogens is 314 g/mol. The molecule has 0 spiro atoms. The van der Waals surface area contributed by atoms with E-state index >= 15 is 0 Å². The Bertz CT molecular complexity index is 761. The number of carboxylic acids is 1. The third kappa shape index (κ3) is 3.49. The number of thiazole rings is 1. The van der Waals surface area contributed by atoms with Crippen LogP contribution in [-0.2, 0) is 23.1 Å². The molecule has 0 saturated heterocycles. The molecule has 21 heavy (non-hydrogen) atoms. The van der Waals surface area contributed by atoms with Crippen LogP contribution in [0.3, 0.4) is 0 Å². The van der Waals surface area contributed by atoms with E-state index in [0.29, 0.717) is 6.54 Å². The number of aromatic nitrogens is 2. The van der Waals surface area contributed by atoms with Crippen molar-refractivity contribution in [1.29, 1.82) is 0 Å². The first kappa shape index (κ1) is 15.7. The van der Waals surface area contributed by atoms with Gasteiger partial charge in [-0.3, -0.25) is 0 Å². The number of nitrogens with one attached hydrogen (secondary N) is 1. The van der Waals surface area contributed by atoms with E-state index in [1.165, 1.54) is 22.1 Å². The maximum Gasteiger partial charge on any atom is 0.352 e. The molecule has 7 nitrogen and oxygen atoms in total. The molecule has 9 heteroatoms. The molecule has 2 N–H and O–H groups in total. The van der Waals surface area contributed by atoms with E-state index in [-0.39, 0.29) is 17.1 Å². The van der Waals surface area contributed by atoms with E-state index in [0.717, 1.165) is 16.0 Å². The number of nitrogens with zero attached hydrogens (tertiary/aromatic N) is 2. The summed E-state index contributed by atoms with van der Waals surface area (Å²) in [6.07, 6.45) is 2.94. The predicted octanol–water partition coefficient (Wildman–Crippen LogP) is 1.45. The summed E-state index contributed by atoms with van der Waals surface area (Å²) in [5.74, 6) is -1.16. The zero-order valence-corrected chi connectivity index (χ0v) is 13.2. The SMILES string of the molecule is CCn1cc(S(=O)(=O)NCc2cnc(C)s2)cc1C(=O)O. The molecule has 2 heterocycles. The third-order valence-electron chi connectivity index (χ3n) is 2.85. The first-order valence-electron chi connectivity index (χ1n) is 6.18. The normalized spacial score (nSPS) is 11.7. The monoisotopic (exact) mass is 329 g/mol. The Labute approximate surface area is 126 Å². The van der Waals surface area contributed by atoms with Crippen LogP contribution in [0.1, 0.15) is 27.3 Å². The van der Waals surface area contributed by atoms with Gasteiger partial charge in [-0.25, -0.2) is 22.9 Å². The van der Waals surface area contributed by atoms with E-state index in [4.69, 9.17) is 5.11 Å². The molecule has 0 aliphatic heterocycles. The number of hydrogen-bond acceptors (Lipinski definition) is 5. The highest BCUT2D eigenvalue weighted by atomic mass is 32.2. The molecule has 0 amide bonds. The number of rotatable bonds is 6. The summed E-state index contributed by atoms with van der Waals surface area (Å²) < 4.78 is 28.2. The van der Waals surface area contributed by atoms with Crippen molar-refractivity contribution in [2.75, 3.05) is 0 Å². The second-order valence-corrected chi connectivity index (χ2v) is 7.41. The van der Waals surface area contributed by atoms with Gasteiger partial charge in [0.1, 0.15) is 10.6 Å². The van der Waals surface area contributed by atoms with Crippen LogP contribution in [0.4, 0.5) is 0 Å². The lowest BCUT2D eigenvalue weighted by molar-refractivity contribution is 0.0685. The number of hydrogen-bond donors (Lipinski definition) is 2. The van der Waals surface area contributed by atoms with Gasteiger partial charge in [0.15, 0.2) is 0 Å². The van der Waals surface area contributed by atoms with E-state index in [9.17, 15) is 13.2 Å². The first-order chi connectivity index (χ1) is 9.83. The van der Waals surface area contributed by atoms with E-state index in [1.807, 2.05) is 6.92 Å². The highest BCUT2D eigenvalue weighted by molar-refractivity contribution is 7.89. The fourth-order valence-corrected chi connectivity index (χ4v) is 3.68. The highest BCUT2D eigenvalue weighted by Crippen LogP contribution is 2.16. The number of aryl methyl sites for hydroxylation is 2. The lowest BCUT2D eigenvalue weighted by Crippen LogP contribution is -2.22. The minimum Gasteiger partial charge on any atom is -0.477 e. The van der Waals surface area contributed by atoms with Crippen molar-refractivity contribution in [3.8, 4) is 0 Å². The third-order valence-corrected chi connectivity index (χ3v) is 5.13. The fraction of sp³-hybridized carbons (Fsp3) is 0.333. The van der Waals surface area contributed by atoms with Crippen LogP contribution in [-0.4, -0.2) is 29.0 Å².